The molecule has 5 rings (SSSR count). The molecule has 0 aliphatic rings. The van der Waals surface area contributed by atoms with Gasteiger partial charge < -0.3 is 14.5 Å². The predicted octanol–water partition coefficient (Wildman–Crippen LogP) is 5.77. The molecule has 0 amide bonds. The Hall–Kier alpha value is -4.76. The Morgan fingerprint density at radius 2 is 1.58 bits per heavy atom. The number of nitrogens with zero attached hydrogens (tertiary/aromatic N) is 4. The molecular weight excluding hydrogens is 484 g/mol. The summed E-state index contributed by atoms with van der Waals surface area (Å²) in [5, 5.41) is 27.1. The third-order valence-corrected chi connectivity index (χ3v) is 5.64. The van der Waals surface area contributed by atoms with E-state index in [2.05, 4.69) is 10.1 Å². The fraction of sp³-hybridized carbons (Fsp3) is 0.0385. The van der Waals surface area contributed by atoms with Crippen LogP contribution >= 0.6 is 11.6 Å². The zero-order valence-corrected chi connectivity index (χ0v) is 19.3. The summed E-state index contributed by atoms with van der Waals surface area (Å²) in [6, 6.07) is 26.3. The molecule has 0 fully saturated rings. The van der Waals surface area contributed by atoms with E-state index in [0.29, 0.717) is 15.9 Å². The lowest BCUT2D eigenvalue weighted by molar-refractivity contribution is -0.602. The average molecular weight is 501 g/mol. The molecule has 0 spiro atoms. The second kappa shape index (κ2) is 9.85. The van der Waals surface area contributed by atoms with Gasteiger partial charge in [-0.2, -0.15) is 9.71 Å². The maximum absolute atomic E-state index is 11.7. The molecule has 0 saturated heterocycles. The van der Waals surface area contributed by atoms with Crippen LogP contribution in [0.2, 0.25) is 5.15 Å². The van der Waals surface area contributed by atoms with Crippen LogP contribution < -0.4 is 9.47 Å². The number of ether oxygens (including phenoxy) is 1. The summed E-state index contributed by atoms with van der Waals surface area (Å²) in [5.41, 5.74) is 2.33. The van der Waals surface area contributed by atoms with Crippen molar-refractivity contribution < 1.29 is 18.9 Å². The summed E-state index contributed by atoms with van der Waals surface area (Å²) in [4.78, 5) is 15.5. The van der Waals surface area contributed by atoms with E-state index >= 15 is 0 Å². The number of halogens is 1. The van der Waals surface area contributed by atoms with Crippen LogP contribution in [0.25, 0.3) is 22.8 Å². The van der Waals surface area contributed by atoms with Gasteiger partial charge in [-0.1, -0.05) is 65.8 Å². The van der Waals surface area contributed by atoms with Crippen LogP contribution in [-0.4, -0.2) is 15.1 Å². The Labute approximate surface area is 209 Å². The van der Waals surface area contributed by atoms with Crippen LogP contribution in [0.3, 0.4) is 0 Å². The first-order chi connectivity index (χ1) is 17.5. The second-order valence-corrected chi connectivity index (χ2v) is 8.17. The number of hydrogen-bond acceptors (Lipinski definition) is 7. The first-order valence-electron chi connectivity index (χ1n) is 10.8. The minimum absolute atomic E-state index is 0.0458. The molecule has 10 heteroatoms. The van der Waals surface area contributed by atoms with Crippen molar-refractivity contribution in [3.8, 4) is 28.6 Å². The van der Waals surface area contributed by atoms with Crippen LogP contribution in [0, 0.1) is 15.3 Å². The fourth-order valence-corrected chi connectivity index (χ4v) is 3.83. The van der Waals surface area contributed by atoms with Crippen molar-refractivity contribution in [3.63, 3.8) is 0 Å². The van der Waals surface area contributed by atoms with E-state index in [-0.39, 0.29) is 28.3 Å². The van der Waals surface area contributed by atoms with Gasteiger partial charge in [-0.25, -0.2) is 0 Å². The number of aromatic nitrogens is 3. The Bertz CT molecular complexity index is 1490. The molecular formula is C26H17ClN4O5. The number of benzene rings is 3. The molecule has 178 valence electrons. The summed E-state index contributed by atoms with van der Waals surface area (Å²) >= 11 is 5.89. The molecule has 3 aromatic carbocycles. The molecule has 36 heavy (non-hydrogen) atoms. The standard InChI is InChI=1S/C26H17ClN4O5/c27-23-15-19(11-12-30(23)32)25-28-26(36-29-25)20-13-21(31(33)34)16-22(14-20)35-24(17-7-3-1-4-8-17)18-9-5-2-6-10-18/h1-16,24H. The molecule has 2 heterocycles. The van der Waals surface area contributed by atoms with Gasteiger partial charge in [0.25, 0.3) is 16.7 Å². The van der Waals surface area contributed by atoms with Gasteiger partial charge in [0, 0.05) is 23.8 Å². The molecule has 0 aliphatic carbocycles. The number of nitro benzene ring substituents is 1. The maximum atomic E-state index is 11.7. The highest BCUT2D eigenvalue weighted by Gasteiger charge is 2.21. The molecule has 0 unspecified atom stereocenters. The van der Waals surface area contributed by atoms with Crippen molar-refractivity contribution in [1.29, 1.82) is 0 Å². The normalized spacial score (nSPS) is 10.9. The molecule has 0 saturated carbocycles. The van der Waals surface area contributed by atoms with Crippen molar-refractivity contribution in [1.82, 2.24) is 10.1 Å². The Kier molecular flexibility index (Phi) is 6.29. The van der Waals surface area contributed by atoms with Crippen LogP contribution in [-0.2, 0) is 0 Å². The van der Waals surface area contributed by atoms with Crippen LogP contribution in [0.15, 0.2) is 102 Å². The van der Waals surface area contributed by atoms with Crippen molar-refractivity contribution in [3.05, 3.63) is 129 Å². The lowest BCUT2D eigenvalue weighted by Crippen LogP contribution is -2.26. The molecule has 0 N–H and O–H groups in total. The van der Waals surface area contributed by atoms with Gasteiger partial charge in [0.1, 0.15) is 11.9 Å². The molecule has 0 aliphatic heterocycles. The van der Waals surface area contributed by atoms with Gasteiger partial charge in [0.2, 0.25) is 5.82 Å². The molecule has 5 aromatic rings. The van der Waals surface area contributed by atoms with Crippen LogP contribution in [0.4, 0.5) is 5.69 Å². The zero-order chi connectivity index (χ0) is 25.1. The maximum Gasteiger partial charge on any atom is 0.286 e. The van der Waals surface area contributed by atoms with Crippen molar-refractivity contribution in [2.24, 2.45) is 0 Å². The van der Waals surface area contributed by atoms with E-state index in [9.17, 15) is 15.3 Å². The van der Waals surface area contributed by atoms with E-state index in [0.717, 1.165) is 11.1 Å². The summed E-state index contributed by atoms with van der Waals surface area (Å²) in [7, 11) is 0. The van der Waals surface area contributed by atoms with Gasteiger partial charge in [-0.05, 0) is 28.8 Å². The summed E-state index contributed by atoms with van der Waals surface area (Å²) in [5.74, 6) is 0.476. The smallest absolute Gasteiger partial charge is 0.286 e. The van der Waals surface area contributed by atoms with Crippen molar-refractivity contribution in [2.75, 3.05) is 0 Å². The van der Waals surface area contributed by atoms with E-state index < -0.39 is 11.0 Å². The van der Waals surface area contributed by atoms with E-state index in [1.54, 1.807) is 6.07 Å². The number of rotatable bonds is 7. The Balaban J connectivity index is 1.53. The van der Waals surface area contributed by atoms with Gasteiger partial charge in [0.05, 0.1) is 16.6 Å². The minimum Gasteiger partial charge on any atom is -0.618 e. The molecule has 2 aromatic heterocycles. The Morgan fingerprint density at radius 1 is 0.917 bits per heavy atom. The lowest BCUT2D eigenvalue weighted by Gasteiger charge is -2.20. The van der Waals surface area contributed by atoms with E-state index in [4.69, 9.17) is 20.9 Å². The minimum atomic E-state index is -0.516. The molecule has 9 nitrogen and oxygen atoms in total. The molecule has 0 atom stereocenters. The number of hydrogen-bond donors (Lipinski definition) is 0. The SMILES string of the molecule is O=[N+]([O-])c1cc(OC(c2ccccc2)c2ccccc2)cc(-c2nc(-c3cc[n+]([O-])c(Cl)c3)no2)c1. The van der Waals surface area contributed by atoms with Crippen LogP contribution in [0.1, 0.15) is 17.2 Å². The van der Waals surface area contributed by atoms with Gasteiger partial charge in [-0.3, -0.25) is 10.1 Å². The monoisotopic (exact) mass is 500 g/mol. The largest absolute Gasteiger partial charge is 0.618 e. The van der Waals surface area contributed by atoms with E-state index in [1.807, 2.05) is 60.7 Å². The van der Waals surface area contributed by atoms with Crippen LogP contribution in [0.5, 0.6) is 5.75 Å². The summed E-state index contributed by atoms with van der Waals surface area (Å²) in [6.07, 6.45) is 0.714. The third-order valence-electron chi connectivity index (χ3n) is 5.37. The lowest BCUT2D eigenvalue weighted by atomic mass is 10.0. The highest BCUT2D eigenvalue weighted by atomic mass is 35.5. The summed E-state index contributed by atoms with van der Waals surface area (Å²) < 4.78 is 12.2. The highest BCUT2D eigenvalue weighted by molar-refractivity contribution is 6.28. The topological polar surface area (TPSA) is 118 Å². The van der Waals surface area contributed by atoms with Gasteiger partial charge >= 0.3 is 0 Å². The quantitative estimate of drug-likeness (QED) is 0.0915. The zero-order valence-electron chi connectivity index (χ0n) is 18.5. The highest BCUT2D eigenvalue weighted by Crippen LogP contribution is 2.34. The van der Waals surface area contributed by atoms with Crippen molar-refractivity contribution in [2.45, 2.75) is 6.10 Å². The molecule has 0 bridgehead atoms. The van der Waals surface area contributed by atoms with Gasteiger partial charge in [-0.15, -0.1) is 0 Å². The molecule has 0 radical (unpaired) electrons. The average Bonchev–Trinajstić information content (AvgIpc) is 3.40. The van der Waals surface area contributed by atoms with E-state index in [1.165, 1.54) is 30.5 Å². The second-order valence-electron chi connectivity index (χ2n) is 7.78. The predicted molar refractivity (Wildman–Crippen MR) is 131 cm³/mol. The first-order valence-corrected chi connectivity index (χ1v) is 11.1. The summed E-state index contributed by atoms with van der Waals surface area (Å²) in [6.45, 7) is 0. The first kappa shape index (κ1) is 23.0. The third kappa shape index (κ3) is 4.86. The number of non-ortho nitro benzene ring substituents is 1. The number of pyridine rings is 1. The number of nitro groups is 1. The fourth-order valence-electron chi connectivity index (χ4n) is 3.66. The van der Waals surface area contributed by atoms with Gasteiger partial charge in [0.15, 0.2) is 6.20 Å². The Morgan fingerprint density at radius 3 is 2.19 bits per heavy atom. The van der Waals surface area contributed by atoms with Crippen molar-refractivity contribution >= 4 is 17.3 Å².